The van der Waals surface area contributed by atoms with Crippen molar-refractivity contribution in [1.29, 1.82) is 0 Å². The highest BCUT2D eigenvalue weighted by Gasteiger charge is 1.99. The molecule has 0 unspecified atom stereocenters. The van der Waals surface area contributed by atoms with Gasteiger partial charge in [-0.15, -0.1) is 0 Å². The Hall–Kier alpha value is -1.42. The molecule has 1 heterocycles. The zero-order valence-corrected chi connectivity index (χ0v) is 9.52. The topological polar surface area (TPSA) is 38.9 Å². The summed E-state index contributed by atoms with van der Waals surface area (Å²) in [5.74, 6) is 1.18. The highest BCUT2D eigenvalue weighted by molar-refractivity contribution is 9.08. The quantitative estimate of drug-likeness (QED) is 0.800. The van der Waals surface area contributed by atoms with Gasteiger partial charge < -0.3 is 4.52 Å². The van der Waals surface area contributed by atoms with Crippen LogP contribution in [0.3, 0.4) is 0 Å². The Morgan fingerprint density at radius 2 is 2.00 bits per heavy atom. The van der Waals surface area contributed by atoms with E-state index in [9.17, 15) is 0 Å². The molecule has 76 valence electrons. The molecular formula is C11H9BrN2O. The molecule has 0 aliphatic rings. The first-order chi connectivity index (χ1) is 7.38. The molecule has 2 rings (SSSR count). The van der Waals surface area contributed by atoms with E-state index in [4.69, 9.17) is 4.52 Å². The van der Waals surface area contributed by atoms with Crippen LogP contribution in [0.5, 0.6) is 0 Å². The third kappa shape index (κ3) is 2.76. The van der Waals surface area contributed by atoms with Crippen molar-refractivity contribution in [3.63, 3.8) is 0 Å². The standard InChI is InChI=1S/C11H9BrN2O/c12-8-10-13-11(15-14-10)7-6-9-4-2-1-3-5-9/h1-7H,8H2/b7-6+. The number of nitrogens with zero attached hydrogens (tertiary/aromatic N) is 2. The van der Waals surface area contributed by atoms with E-state index in [2.05, 4.69) is 26.1 Å². The van der Waals surface area contributed by atoms with Gasteiger partial charge in [0.1, 0.15) is 0 Å². The molecule has 15 heavy (non-hydrogen) atoms. The van der Waals surface area contributed by atoms with Crippen molar-refractivity contribution in [3.8, 4) is 0 Å². The van der Waals surface area contributed by atoms with Gasteiger partial charge in [-0.3, -0.25) is 0 Å². The maximum Gasteiger partial charge on any atom is 0.250 e. The first kappa shape index (κ1) is 10.1. The van der Waals surface area contributed by atoms with Crippen molar-refractivity contribution in [3.05, 3.63) is 47.6 Å². The van der Waals surface area contributed by atoms with Crippen LogP contribution in [0.2, 0.25) is 0 Å². The van der Waals surface area contributed by atoms with Gasteiger partial charge in [-0.1, -0.05) is 51.4 Å². The normalized spacial score (nSPS) is 11.0. The van der Waals surface area contributed by atoms with Gasteiger partial charge >= 0.3 is 0 Å². The monoisotopic (exact) mass is 264 g/mol. The molecule has 0 aliphatic carbocycles. The molecule has 2 aromatic rings. The van der Waals surface area contributed by atoms with Gasteiger partial charge in [-0.05, 0) is 11.6 Å². The van der Waals surface area contributed by atoms with Crippen molar-refractivity contribution in [2.24, 2.45) is 0 Å². The van der Waals surface area contributed by atoms with Crippen LogP contribution in [-0.2, 0) is 5.33 Å². The summed E-state index contributed by atoms with van der Waals surface area (Å²) in [5, 5.41) is 4.37. The van der Waals surface area contributed by atoms with Gasteiger partial charge in [-0.25, -0.2) is 0 Å². The fourth-order valence-corrected chi connectivity index (χ4v) is 1.35. The van der Waals surface area contributed by atoms with Crippen LogP contribution in [-0.4, -0.2) is 10.1 Å². The number of alkyl halides is 1. The van der Waals surface area contributed by atoms with Crippen molar-refractivity contribution in [2.75, 3.05) is 0 Å². The summed E-state index contributed by atoms with van der Waals surface area (Å²) in [6.07, 6.45) is 3.74. The summed E-state index contributed by atoms with van der Waals surface area (Å²) in [4.78, 5) is 4.13. The van der Waals surface area contributed by atoms with Crippen LogP contribution in [0.15, 0.2) is 34.9 Å². The van der Waals surface area contributed by atoms with Crippen LogP contribution in [0, 0.1) is 0 Å². The van der Waals surface area contributed by atoms with Crippen molar-refractivity contribution in [1.82, 2.24) is 10.1 Å². The number of rotatable bonds is 3. The van der Waals surface area contributed by atoms with E-state index in [1.165, 1.54) is 0 Å². The number of halogens is 1. The molecule has 3 nitrogen and oxygen atoms in total. The third-order valence-electron chi connectivity index (χ3n) is 1.82. The van der Waals surface area contributed by atoms with E-state index in [0.717, 1.165) is 5.56 Å². The lowest BCUT2D eigenvalue weighted by Gasteiger charge is -1.88. The van der Waals surface area contributed by atoms with E-state index in [1.807, 2.05) is 36.4 Å². The zero-order chi connectivity index (χ0) is 10.5. The lowest BCUT2D eigenvalue weighted by atomic mass is 10.2. The summed E-state index contributed by atoms with van der Waals surface area (Å²) in [5.41, 5.74) is 1.11. The Balaban J connectivity index is 2.11. The van der Waals surface area contributed by atoms with Crippen molar-refractivity contribution < 1.29 is 4.52 Å². The van der Waals surface area contributed by atoms with Crippen LogP contribution in [0.4, 0.5) is 0 Å². The molecule has 4 heteroatoms. The molecule has 1 aromatic carbocycles. The van der Waals surface area contributed by atoms with Crippen LogP contribution >= 0.6 is 15.9 Å². The predicted molar refractivity (Wildman–Crippen MR) is 62.3 cm³/mol. The molecule has 0 saturated carbocycles. The van der Waals surface area contributed by atoms with Crippen LogP contribution in [0.1, 0.15) is 17.3 Å². The average Bonchev–Trinajstić information content (AvgIpc) is 2.76. The second-order valence-corrected chi connectivity index (χ2v) is 3.49. The van der Waals surface area contributed by atoms with Crippen LogP contribution < -0.4 is 0 Å². The summed E-state index contributed by atoms with van der Waals surface area (Å²) >= 11 is 3.26. The Bertz CT molecular complexity index is 451. The van der Waals surface area contributed by atoms with E-state index in [-0.39, 0.29) is 0 Å². The summed E-state index contributed by atoms with van der Waals surface area (Å²) in [6, 6.07) is 9.97. The lowest BCUT2D eigenvalue weighted by molar-refractivity contribution is 0.405. The Kier molecular flexibility index (Phi) is 3.29. The van der Waals surface area contributed by atoms with Gasteiger partial charge in [0, 0.05) is 6.08 Å². The Morgan fingerprint density at radius 3 is 2.67 bits per heavy atom. The van der Waals surface area contributed by atoms with E-state index in [0.29, 0.717) is 17.0 Å². The smallest absolute Gasteiger partial charge is 0.250 e. The number of benzene rings is 1. The van der Waals surface area contributed by atoms with E-state index < -0.39 is 0 Å². The SMILES string of the molecule is BrCc1noc(/C=C/c2ccccc2)n1. The van der Waals surface area contributed by atoms with Gasteiger partial charge in [0.05, 0.1) is 5.33 Å². The lowest BCUT2D eigenvalue weighted by Crippen LogP contribution is -1.78. The minimum Gasteiger partial charge on any atom is -0.335 e. The van der Waals surface area contributed by atoms with E-state index >= 15 is 0 Å². The molecule has 0 saturated heterocycles. The van der Waals surface area contributed by atoms with Gasteiger partial charge in [0.2, 0.25) is 0 Å². The van der Waals surface area contributed by atoms with Crippen molar-refractivity contribution >= 4 is 28.1 Å². The first-order valence-corrected chi connectivity index (χ1v) is 5.62. The molecule has 0 aliphatic heterocycles. The number of hydrogen-bond acceptors (Lipinski definition) is 3. The second-order valence-electron chi connectivity index (χ2n) is 2.93. The zero-order valence-electron chi connectivity index (χ0n) is 7.93. The highest BCUT2D eigenvalue weighted by Crippen LogP contribution is 2.07. The highest BCUT2D eigenvalue weighted by atomic mass is 79.9. The molecule has 0 radical (unpaired) electrons. The maximum atomic E-state index is 5.00. The number of aromatic nitrogens is 2. The Morgan fingerprint density at radius 1 is 1.20 bits per heavy atom. The van der Waals surface area contributed by atoms with Crippen LogP contribution in [0.25, 0.3) is 12.2 Å². The first-order valence-electron chi connectivity index (χ1n) is 4.50. The largest absolute Gasteiger partial charge is 0.335 e. The summed E-state index contributed by atoms with van der Waals surface area (Å²) in [6.45, 7) is 0. The van der Waals surface area contributed by atoms with Crippen molar-refractivity contribution in [2.45, 2.75) is 5.33 Å². The van der Waals surface area contributed by atoms with Gasteiger partial charge in [-0.2, -0.15) is 4.98 Å². The average molecular weight is 265 g/mol. The number of hydrogen-bond donors (Lipinski definition) is 0. The van der Waals surface area contributed by atoms with E-state index in [1.54, 1.807) is 6.08 Å². The summed E-state index contributed by atoms with van der Waals surface area (Å²) < 4.78 is 5.00. The predicted octanol–water partition coefficient (Wildman–Crippen LogP) is 3.13. The molecule has 0 N–H and O–H groups in total. The second kappa shape index (κ2) is 4.89. The Labute approximate surface area is 95.9 Å². The molecule has 1 aromatic heterocycles. The van der Waals surface area contributed by atoms with Gasteiger partial charge in [0.25, 0.3) is 5.89 Å². The minimum atomic E-state index is 0.522. The molecule has 0 amide bonds. The third-order valence-corrected chi connectivity index (χ3v) is 2.32. The van der Waals surface area contributed by atoms with Gasteiger partial charge in [0.15, 0.2) is 5.82 Å². The maximum absolute atomic E-state index is 5.00. The fraction of sp³-hybridized carbons (Fsp3) is 0.0909. The molecular weight excluding hydrogens is 256 g/mol. The molecule has 0 atom stereocenters. The minimum absolute atomic E-state index is 0.522. The summed E-state index contributed by atoms with van der Waals surface area (Å²) in [7, 11) is 0. The molecule has 0 spiro atoms. The fourth-order valence-electron chi connectivity index (χ4n) is 1.12. The molecule has 0 fully saturated rings. The molecule has 0 bridgehead atoms.